The van der Waals surface area contributed by atoms with Crippen LogP contribution in [0.2, 0.25) is 0 Å². The zero-order valence-electron chi connectivity index (χ0n) is 10.0. The summed E-state index contributed by atoms with van der Waals surface area (Å²) in [6, 6.07) is 6.13. The molecule has 0 saturated heterocycles. The molecule has 0 bridgehead atoms. The molecule has 84 valence electrons. The summed E-state index contributed by atoms with van der Waals surface area (Å²) in [5.41, 5.74) is 2.79. The molecule has 1 aliphatic rings. The first kappa shape index (κ1) is 11.2. The van der Waals surface area contributed by atoms with Crippen molar-refractivity contribution in [2.24, 2.45) is 0 Å². The van der Waals surface area contributed by atoms with E-state index < -0.39 is 5.60 Å². The first-order valence-electron chi connectivity index (χ1n) is 5.92. The molecule has 16 heavy (non-hydrogen) atoms. The fourth-order valence-electron chi connectivity index (χ4n) is 2.16. The third-order valence-electron chi connectivity index (χ3n) is 3.47. The fraction of sp³-hybridized carbons (Fsp3) is 0.467. The van der Waals surface area contributed by atoms with Crippen LogP contribution >= 0.6 is 0 Å². The van der Waals surface area contributed by atoms with Gasteiger partial charge in [0.2, 0.25) is 0 Å². The van der Waals surface area contributed by atoms with Crippen molar-refractivity contribution in [3.63, 3.8) is 0 Å². The standard InChI is InChI=1S/C15H18O/c1-12-6-5-7-14(13(12)2)8-11-15(16)9-3-4-10-15/h5-7,16H,3-4,9-10H2,1-2H3. The van der Waals surface area contributed by atoms with Gasteiger partial charge < -0.3 is 5.11 Å². The molecule has 2 rings (SSSR count). The van der Waals surface area contributed by atoms with Crippen molar-refractivity contribution >= 4 is 0 Å². The van der Waals surface area contributed by atoms with E-state index in [9.17, 15) is 5.11 Å². The minimum atomic E-state index is -0.726. The van der Waals surface area contributed by atoms with Crippen LogP contribution in [-0.2, 0) is 0 Å². The van der Waals surface area contributed by atoms with E-state index in [1.165, 1.54) is 11.1 Å². The second-order valence-corrected chi connectivity index (χ2v) is 4.74. The van der Waals surface area contributed by atoms with Crippen LogP contribution in [0.15, 0.2) is 18.2 Å². The largest absolute Gasteiger partial charge is 0.378 e. The molecule has 0 aliphatic heterocycles. The van der Waals surface area contributed by atoms with E-state index in [4.69, 9.17) is 0 Å². The molecule has 0 aromatic heterocycles. The zero-order chi connectivity index (χ0) is 11.6. The van der Waals surface area contributed by atoms with Crippen LogP contribution < -0.4 is 0 Å². The van der Waals surface area contributed by atoms with Crippen molar-refractivity contribution in [1.82, 2.24) is 0 Å². The smallest absolute Gasteiger partial charge is 0.125 e. The molecule has 1 nitrogen and oxygen atoms in total. The van der Waals surface area contributed by atoms with Crippen molar-refractivity contribution in [1.29, 1.82) is 0 Å². The molecule has 1 aromatic carbocycles. The SMILES string of the molecule is Cc1cccc(C#CC2(O)CCCC2)c1C. The summed E-state index contributed by atoms with van der Waals surface area (Å²) in [5, 5.41) is 10.1. The Balaban J connectivity index is 2.27. The number of hydrogen-bond acceptors (Lipinski definition) is 1. The highest BCUT2D eigenvalue weighted by atomic mass is 16.3. The lowest BCUT2D eigenvalue weighted by atomic mass is 10.00. The van der Waals surface area contributed by atoms with Crippen molar-refractivity contribution in [2.45, 2.75) is 45.1 Å². The van der Waals surface area contributed by atoms with E-state index >= 15 is 0 Å². The average Bonchev–Trinajstić information content (AvgIpc) is 2.68. The first-order valence-corrected chi connectivity index (χ1v) is 5.92. The van der Waals surface area contributed by atoms with Gasteiger partial charge >= 0.3 is 0 Å². The minimum absolute atomic E-state index is 0.726. The van der Waals surface area contributed by atoms with Crippen LogP contribution in [-0.4, -0.2) is 10.7 Å². The van der Waals surface area contributed by atoms with Crippen molar-refractivity contribution in [3.8, 4) is 11.8 Å². The molecule has 0 amide bonds. The Hall–Kier alpha value is -1.26. The number of rotatable bonds is 0. The fourth-order valence-corrected chi connectivity index (χ4v) is 2.16. The van der Waals surface area contributed by atoms with Gasteiger partial charge in [-0.05, 0) is 56.7 Å². The maximum atomic E-state index is 10.1. The number of aliphatic hydroxyl groups is 1. The number of hydrogen-bond donors (Lipinski definition) is 1. The minimum Gasteiger partial charge on any atom is -0.378 e. The van der Waals surface area contributed by atoms with Gasteiger partial charge in [0.05, 0.1) is 0 Å². The maximum Gasteiger partial charge on any atom is 0.125 e. The molecule has 1 fully saturated rings. The molecule has 1 heteroatoms. The lowest BCUT2D eigenvalue weighted by molar-refractivity contribution is 0.110. The van der Waals surface area contributed by atoms with Crippen LogP contribution in [0, 0.1) is 25.7 Å². The number of aryl methyl sites for hydroxylation is 1. The van der Waals surface area contributed by atoms with Crippen LogP contribution in [0.1, 0.15) is 42.4 Å². The Kier molecular flexibility index (Phi) is 3.03. The summed E-state index contributed by atoms with van der Waals surface area (Å²) in [4.78, 5) is 0. The molecule has 1 N–H and O–H groups in total. The average molecular weight is 214 g/mol. The van der Waals surface area contributed by atoms with E-state index in [1.807, 2.05) is 12.1 Å². The molecular weight excluding hydrogens is 196 g/mol. The Bertz CT molecular complexity index is 442. The lowest BCUT2D eigenvalue weighted by Gasteiger charge is -2.13. The Morgan fingerprint density at radius 1 is 1.19 bits per heavy atom. The Labute approximate surface area is 97.5 Å². The van der Waals surface area contributed by atoms with Crippen LogP contribution in [0.4, 0.5) is 0 Å². The van der Waals surface area contributed by atoms with E-state index in [0.29, 0.717) is 0 Å². The third-order valence-corrected chi connectivity index (χ3v) is 3.47. The second-order valence-electron chi connectivity index (χ2n) is 4.74. The topological polar surface area (TPSA) is 20.2 Å². The lowest BCUT2D eigenvalue weighted by Crippen LogP contribution is -2.20. The molecule has 1 aromatic rings. The highest BCUT2D eigenvalue weighted by Crippen LogP contribution is 2.28. The summed E-state index contributed by atoms with van der Waals surface area (Å²) in [6.45, 7) is 4.17. The van der Waals surface area contributed by atoms with Gasteiger partial charge in [-0.2, -0.15) is 0 Å². The van der Waals surface area contributed by atoms with Gasteiger partial charge in [0, 0.05) is 5.56 Å². The van der Waals surface area contributed by atoms with E-state index in [-0.39, 0.29) is 0 Å². The van der Waals surface area contributed by atoms with Crippen molar-refractivity contribution in [2.75, 3.05) is 0 Å². The third kappa shape index (κ3) is 2.28. The van der Waals surface area contributed by atoms with Gasteiger partial charge in [-0.25, -0.2) is 0 Å². The quantitative estimate of drug-likeness (QED) is 0.658. The summed E-state index contributed by atoms with van der Waals surface area (Å²) in [7, 11) is 0. The van der Waals surface area contributed by atoms with E-state index in [0.717, 1.165) is 31.2 Å². The van der Waals surface area contributed by atoms with Gasteiger partial charge in [-0.15, -0.1) is 0 Å². The second kappa shape index (κ2) is 4.31. The van der Waals surface area contributed by atoms with E-state index in [1.54, 1.807) is 0 Å². The highest BCUT2D eigenvalue weighted by Gasteiger charge is 2.28. The van der Waals surface area contributed by atoms with Gasteiger partial charge in [0.25, 0.3) is 0 Å². The zero-order valence-corrected chi connectivity index (χ0v) is 10.0. The Morgan fingerprint density at radius 3 is 2.56 bits per heavy atom. The molecular formula is C15H18O. The van der Waals surface area contributed by atoms with Crippen molar-refractivity contribution < 1.29 is 5.11 Å². The summed E-state index contributed by atoms with van der Waals surface area (Å²) < 4.78 is 0. The molecule has 1 saturated carbocycles. The Morgan fingerprint density at radius 2 is 1.88 bits per heavy atom. The summed E-state index contributed by atoms with van der Waals surface area (Å²) in [6.07, 6.45) is 3.84. The normalized spacial score (nSPS) is 17.9. The molecule has 0 radical (unpaired) electrons. The highest BCUT2D eigenvalue weighted by molar-refractivity contribution is 5.45. The first-order chi connectivity index (χ1) is 7.61. The number of benzene rings is 1. The predicted molar refractivity (Wildman–Crippen MR) is 66.2 cm³/mol. The summed E-state index contributed by atoms with van der Waals surface area (Å²) >= 11 is 0. The van der Waals surface area contributed by atoms with Crippen molar-refractivity contribution in [3.05, 3.63) is 34.9 Å². The molecule has 1 aliphatic carbocycles. The van der Waals surface area contributed by atoms with Gasteiger partial charge in [0.15, 0.2) is 0 Å². The maximum absolute atomic E-state index is 10.1. The molecule has 0 heterocycles. The van der Waals surface area contributed by atoms with Crippen LogP contribution in [0.5, 0.6) is 0 Å². The summed E-state index contributed by atoms with van der Waals surface area (Å²) in [5.74, 6) is 6.18. The molecule has 0 unspecified atom stereocenters. The molecule has 0 atom stereocenters. The van der Waals surface area contributed by atoms with Crippen LogP contribution in [0.25, 0.3) is 0 Å². The van der Waals surface area contributed by atoms with E-state index in [2.05, 4.69) is 31.8 Å². The van der Waals surface area contributed by atoms with Gasteiger partial charge in [-0.1, -0.05) is 24.0 Å². The molecule has 0 spiro atoms. The monoisotopic (exact) mass is 214 g/mol. The van der Waals surface area contributed by atoms with Crippen LogP contribution in [0.3, 0.4) is 0 Å². The van der Waals surface area contributed by atoms with Gasteiger partial charge in [-0.3, -0.25) is 0 Å². The van der Waals surface area contributed by atoms with Gasteiger partial charge in [0.1, 0.15) is 5.60 Å². The predicted octanol–water partition coefficient (Wildman–Crippen LogP) is 2.96.